The number of amides is 1. The molecule has 112 valence electrons. The summed E-state index contributed by atoms with van der Waals surface area (Å²) in [7, 11) is 0. The van der Waals surface area contributed by atoms with Crippen LogP contribution >= 0.6 is 15.9 Å². The quantitative estimate of drug-likeness (QED) is 0.834. The molecule has 1 unspecified atom stereocenters. The molecule has 1 aromatic heterocycles. The van der Waals surface area contributed by atoms with E-state index in [2.05, 4.69) is 20.9 Å². The highest BCUT2D eigenvalue weighted by atomic mass is 79.9. The van der Waals surface area contributed by atoms with E-state index in [0.29, 0.717) is 4.47 Å². The highest BCUT2D eigenvalue weighted by Crippen LogP contribution is 2.32. The summed E-state index contributed by atoms with van der Waals surface area (Å²) in [5, 5.41) is 1.29. The maximum absolute atomic E-state index is 12.8. The highest BCUT2D eigenvalue weighted by Gasteiger charge is 2.44. The third-order valence-corrected chi connectivity index (χ3v) is 2.51. The van der Waals surface area contributed by atoms with Crippen molar-refractivity contribution in [2.45, 2.75) is 24.8 Å². The fourth-order valence-corrected chi connectivity index (χ4v) is 1.51. The summed E-state index contributed by atoms with van der Waals surface area (Å²) in [5.74, 6) is -1.77. The van der Waals surface area contributed by atoms with Crippen molar-refractivity contribution in [2.24, 2.45) is 0 Å². The summed E-state index contributed by atoms with van der Waals surface area (Å²) in [6.45, 7) is 0. The van der Waals surface area contributed by atoms with Gasteiger partial charge in [-0.1, -0.05) is 0 Å². The smallest absolute Gasteiger partial charge is 0.339 e. The molecule has 1 amide bonds. The third-order valence-electron chi connectivity index (χ3n) is 2.04. The van der Waals surface area contributed by atoms with Gasteiger partial charge in [0.25, 0.3) is 0 Å². The van der Waals surface area contributed by atoms with Crippen LogP contribution in [0.2, 0.25) is 0 Å². The Kier molecular flexibility index (Phi) is 5.00. The molecular weight excluding hydrogens is 358 g/mol. The molecule has 0 aliphatic carbocycles. The summed E-state index contributed by atoms with van der Waals surface area (Å²) in [6, 6.07) is -0.405. The van der Waals surface area contributed by atoms with Crippen molar-refractivity contribution >= 4 is 21.8 Å². The zero-order valence-corrected chi connectivity index (χ0v) is 11.1. The molecule has 0 aliphatic rings. The Bertz CT molecular complexity index is 470. The minimum atomic E-state index is -4.96. The molecule has 1 N–H and O–H groups in total. The summed E-state index contributed by atoms with van der Waals surface area (Å²) >= 11 is 2.96. The Labute approximate surface area is 117 Å². The standard InChI is InChI=1S/C10H7BrF6N2O/c11-5-1-2-6(18-4-5)8(10(15,16)17)19-7(20)3-9(12,13)14/h1-2,4,8H,3H2,(H,19,20). The number of hydrogen-bond acceptors (Lipinski definition) is 2. The predicted octanol–water partition coefficient (Wildman–Crippen LogP) is 3.52. The number of aromatic nitrogens is 1. The van der Waals surface area contributed by atoms with E-state index in [1.165, 1.54) is 11.4 Å². The number of alkyl halides is 6. The Morgan fingerprint density at radius 1 is 1.25 bits per heavy atom. The van der Waals surface area contributed by atoms with Crippen LogP contribution in [0.5, 0.6) is 0 Å². The van der Waals surface area contributed by atoms with Crippen LogP contribution in [0.25, 0.3) is 0 Å². The molecule has 0 radical (unpaired) electrons. The number of hydrogen-bond donors (Lipinski definition) is 1. The molecule has 1 atom stereocenters. The monoisotopic (exact) mass is 364 g/mol. The van der Waals surface area contributed by atoms with Crippen molar-refractivity contribution in [3.05, 3.63) is 28.5 Å². The van der Waals surface area contributed by atoms with Crippen molar-refractivity contribution in [1.82, 2.24) is 10.3 Å². The zero-order chi connectivity index (χ0) is 15.6. The minimum Gasteiger partial charge on any atom is -0.339 e. The van der Waals surface area contributed by atoms with Crippen LogP contribution in [-0.4, -0.2) is 23.2 Å². The Morgan fingerprint density at radius 3 is 2.25 bits per heavy atom. The second-order valence-electron chi connectivity index (χ2n) is 3.74. The summed E-state index contributed by atoms with van der Waals surface area (Å²) in [6.07, 6.45) is -10.8. The van der Waals surface area contributed by atoms with Gasteiger partial charge in [-0.25, -0.2) is 0 Å². The third kappa shape index (κ3) is 5.35. The Balaban J connectivity index is 2.92. The van der Waals surface area contributed by atoms with Gasteiger partial charge in [0.1, 0.15) is 6.42 Å². The molecular formula is C10H7BrF6N2O. The van der Waals surface area contributed by atoms with Gasteiger partial charge in [0.05, 0.1) is 5.69 Å². The molecule has 1 aromatic rings. The Morgan fingerprint density at radius 2 is 1.85 bits per heavy atom. The van der Waals surface area contributed by atoms with Gasteiger partial charge in [-0.2, -0.15) is 26.3 Å². The summed E-state index contributed by atoms with van der Waals surface area (Å²) in [5.41, 5.74) is -0.601. The number of carbonyl (C=O) groups is 1. The maximum Gasteiger partial charge on any atom is 0.414 e. The molecule has 0 aromatic carbocycles. The zero-order valence-electron chi connectivity index (χ0n) is 9.52. The van der Waals surface area contributed by atoms with Crippen LogP contribution in [0, 0.1) is 0 Å². The number of nitrogens with one attached hydrogen (secondary N) is 1. The van der Waals surface area contributed by atoms with E-state index in [-0.39, 0.29) is 0 Å². The van der Waals surface area contributed by atoms with E-state index in [0.717, 1.165) is 12.3 Å². The lowest BCUT2D eigenvalue weighted by molar-refractivity contribution is -0.173. The maximum atomic E-state index is 12.8. The number of carbonyl (C=O) groups excluding carboxylic acids is 1. The molecule has 10 heteroatoms. The van der Waals surface area contributed by atoms with E-state index in [1.54, 1.807) is 0 Å². The van der Waals surface area contributed by atoms with Crippen LogP contribution in [0.3, 0.4) is 0 Å². The second kappa shape index (κ2) is 5.98. The van der Waals surface area contributed by atoms with Gasteiger partial charge in [0, 0.05) is 10.7 Å². The van der Waals surface area contributed by atoms with E-state index in [4.69, 9.17) is 0 Å². The van der Waals surface area contributed by atoms with Crippen LogP contribution in [0.15, 0.2) is 22.8 Å². The largest absolute Gasteiger partial charge is 0.414 e. The topological polar surface area (TPSA) is 42.0 Å². The summed E-state index contributed by atoms with van der Waals surface area (Å²) < 4.78 is 74.5. The highest BCUT2D eigenvalue weighted by molar-refractivity contribution is 9.10. The number of halogens is 7. The molecule has 0 fully saturated rings. The van der Waals surface area contributed by atoms with Gasteiger partial charge in [0.15, 0.2) is 6.04 Å². The molecule has 0 saturated carbocycles. The first-order chi connectivity index (χ1) is 8.99. The normalized spacial score (nSPS) is 13.9. The fraction of sp³-hybridized carbons (Fsp3) is 0.400. The number of nitrogens with zero attached hydrogens (tertiary/aromatic N) is 1. The van der Waals surface area contributed by atoms with Crippen molar-refractivity contribution in [1.29, 1.82) is 0 Å². The van der Waals surface area contributed by atoms with Gasteiger partial charge >= 0.3 is 12.4 Å². The van der Waals surface area contributed by atoms with Gasteiger partial charge in [-0.05, 0) is 28.1 Å². The predicted molar refractivity (Wildman–Crippen MR) is 59.5 cm³/mol. The molecule has 0 aliphatic heterocycles. The van der Waals surface area contributed by atoms with Gasteiger partial charge in [-0.3, -0.25) is 9.78 Å². The van der Waals surface area contributed by atoms with Crippen molar-refractivity contribution in [3.63, 3.8) is 0 Å². The van der Waals surface area contributed by atoms with Gasteiger partial charge in [-0.15, -0.1) is 0 Å². The molecule has 20 heavy (non-hydrogen) atoms. The van der Waals surface area contributed by atoms with E-state index in [1.807, 2.05) is 0 Å². The van der Waals surface area contributed by atoms with Crippen LogP contribution in [0.4, 0.5) is 26.3 Å². The van der Waals surface area contributed by atoms with Gasteiger partial charge in [0.2, 0.25) is 5.91 Å². The Hall–Kier alpha value is -1.32. The van der Waals surface area contributed by atoms with Crippen molar-refractivity contribution in [2.75, 3.05) is 0 Å². The fourth-order valence-electron chi connectivity index (χ4n) is 1.28. The van der Waals surface area contributed by atoms with Crippen LogP contribution in [-0.2, 0) is 4.79 Å². The molecule has 0 saturated heterocycles. The van der Waals surface area contributed by atoms with E-state index in [9.17, 15) is 31.1 Å². The van der Waals surface area contributed by atoms with E-state index >= 15 is 0 Å². The lowest BCUT2D eigenvalue weighted by Gasteiger charge is -2.21. The van der Waals surface area contributed by atoms with Crippen LogP contribution < -0.4 is 5.32 Å². The molecule has 0 bridgehead atoms. The average Bonchev–Trinajstić information content (AvgIpc) is 2.23. The lowest BCUT2D eigenvalue weighted by Crippen LogP contribution is -2.40. The molecule has 3 nitrogen and oxygen atoms in total. The first kappa shape index (κ1) is 16.7. The van der Waals surface area contributed by atoms with E-state index < -0.39 is 36.4 Å². The lowest BCUT2D eigenvalue weighted by atomic mass is 10.1. The first-order valence-electron chi connectivity index (χ1n) is 5.03. The van der Waals surface area contributed by atoms with Gasteiger partial charge < -0.3 is 5.32 Å². The van der Waals surface area contributed by atoms with Crippen molar-refractivity contribution < 1.29 is 31.1 Å². The average molecular weight is 365 g/mol. The second-order valence-corrected chi connectivity index (χ2v) is 4.65. The molecule has 1 heterocycles. The summed E-state index contributed by atoms with van der Waals surface area (Å²) in [4.78, 5) is 14.4. The molecule has 1 rings (SSSR count). The molecule has 0 spiro atoms. The first-order valence-corrected chi connectivity index (χ1v) is 5.82. The number of rotatable bonds is 3. The number of pyridine rings is 1. The SMILES string of the molecule is O=C(CC(F)(F)F)NC(c1ccc(Br)cn1)C(F)(F)F. The minimum absolute atomic E-state index is 0.392. The van der Waals surface area contributed by atoms with Crippen LogP contribution in [0.1, 0.15) is 18.2 Å². The van der Waals surface area contributed by atoms with Crippen molar-refractivity contribution in [3.8, 4) is 0 Å².